The lowest BCUT2D eigenvalue weighted by Crippen LogP contribution is -2.35. The summed E-state index contributed by atoms with van der Waals surface area (Å²) >= 11 is 7.07. The van der Waals surface area contributed by atoms with Crippen LogP contribution in [0.4, 0.5) is 0 Å². The Kier molecular flexibility index (Phi) is 5.61. The smallest absolute Gasteiger partial charge is 0.0323 e. The zero-order valence-corrected chi connectivity index (χ0v) is 16.8. The number of nitrogens with zero attached hydrogens (tertiary/aromatic N) is 1. The predicted molar refractivity (Wildman–Crippen MR) is 105 cm³/mol. The minimum atomic E-state index is 0.466. The van der Waals surface area contributed by atoms with Crippen molar-refractivity contribution in [3.05, 3.63) is 68.6 Å². The molecule has 0 aromatic heterocycles. The van der Waals surface area contributed by atoms with Gasteiger partial charge in [0.15, 0.2) is 0 Å². The first-order valence-electron chi connectivity index (χ1n) is 8.33. The molecule has 122 valence electrons. The first-order chi connectivity index (χ1) is 11.1. The van der Waals surface area contributed by atoms with Crippen molar-refractivity contribution in [3.8, 4) is 0 Å². The van der Waals surface area contributed by atoms with Gasteiger partial charge in [0, 0.05) is 21.0 Å². The van der Waals surface area contributed by atoms with Gasteiger partial charge in [0.2, 0.25) is 0 Å². The lowest BCUT2D eigenvalue weighted by molar-refractivity contribution is 0.174. The van der Waals surface area contributed by atoms with Gasteiger partial charge in [-0.3, -0.25) is 4.90 Å². The summed E-state index contributed by atoms with van der Waals surface area (Å²) < 4.78 is 2.30. The van der Waals surface area contributed by atoms with Gasteiger partial charge in [-0.2, -0.15) is 0 Å². The van der Waals surface area contributed by atoms with Gasteiger partial charge in [0.05, 0.1) is 0 Å². The molecule has 2 aromatic carbocycles. The number of benzene rings is 2. The molecule has 3 atom stereocenters. The van der Waals surface area contributed by atoms with Crippen molar-refractivity contribution in [2.75, 3.05) is 6.54 Å². The largest absolute Gasteiger partial charge is 0.293 e. The normalized spacial score (nSPS) is 21.3. The molecular formula is C20H23Br2N. The highest BCUT2D eigenvalue weighted by molar-refractivity contribution is 9.10. The summed E-state index contributed by atoms with van der Waals surface area (Å²) in [5, 5.41) is 0. The second kappa shape index (κ2) is 7.50. The molecule has 1 nitrogen and oxygen atoms in total. The van der Waals surface area contributed by atoms with Crippen molar-refractivity contribution in [2.24, 2.45) is 0 Å². The van der Waals surface area contributed by atoms with E-state index in [9.17, 15) is 0 Å². The topological polar surface area (TPSA) is 3.24 Å². The fourth-order valence-electron chi connectivity index (χ4n) is 3.75. The monoisotopic (exact) mass is 435 g/mol. The Bertz CT molecular complexity index is 578. The summed E-state index contributed by atoms with van der Waals surface area (Å²) in [6.45, 7) is 5.92. The zero-order valence-electron chi connectivity index (χ0n) is 13.7. The Hall–Kier alpha value is -0.640. The van der Waals surface area contributed by atoms with E-state index in [4.69, 9.17) is 0 Å². The van der Waals surface area contributed by atoms with E-state index in [0.29, 0.717) is 18.0 Å². The summed E-state index contributed by atoms with van der Waals surface area (Å²) in [6.07, 6.45) is 2.59. The maximum Gasteiger partial charge on any atom is 0.0323 e. The first kappa shape index (κ1) is 17.2. The van der Waals surface area contributed by atoms with E-state index in [-0.39, 0.29) is 0 Å². The summed E-state index contributed by atoms with van der Waals surface area (Å²) in [7, 11) is 0. The van der Waals surface area contributed by atoms with Crippen molar-refractivity contribution < 1.29 is 0 Å². The maximum absolute atomic E-state index is 3.54. The molecule has 3 rings (SSSR count). The van der Waals surface area contributed by atoms with Crippen molar-refractivity contribution >= 4 is 31.9 Å². The molecule has 1 aliphatic rings. The van der Waals surface area contributed by atoms with E-state index < -0.39 is 0 Å². The molecule has 0 spiro atoms. The van der Waals surface area contributed by atoms with Gasteiger partial charge in [-0.1, -0.05) is 63.0 Å². The van der Waals surface area contributed by atoms with Crippen LogP contribution in [0.1, 0.15) is 49.8 Å². The maximum atomic E-state index is 3.54. The van der Waals surface area contributed by atoms with E-state index in [1.807, 2.05) is 0 Å². The third-order valence-electron chi connectivity index (χ3n) is 5.17. The fraction of sp³-hybridized carbons (Fsp3) is 0.400. The highest BCUT2D eigenvalue weighted by Crippen LogP contribution is 2.37. The van der Waals surface area contributed by atoms with Crippen LogP contribution in [-0.4, -0.2) is 17.5 Å². The Morgan fingerprint density at radius 1 is 0.870 bits per heavy atom. The van der Waals surface area contributed by atoms with E-state index in [0.717, 1.165) is 8.95 Å². The number of hydrogen-bond donors (Lipinski definition) is 0. The Labute approximate surface area is 156 Å². The highest BCUT2D eigenvalue weighted by atomic mass is 79.9. The van der Waals surface area contributed by atoms with Crippen molar-refractivity contribution in [2.45, 2.75) is 44.7 Å². The number of halogens is 2. The predicted octanol–water partition coefficient (Wildman–Crippen LogP) is 6.54. The Balaban J connectivity index is 1.79. The third-order valence-corrected chi connectivity index (χ3v) is 6.22. The lowest BCUT2D eigenvalue weighted by atomic mass is 9.90. The molecular weight excluding hydrogens is 414 g/mol. The molecule has 3 unspecified atom stereocenters. The fourth-order valence-corrected chi connectivity index (χ4v) is 4.28. The minimum absolute atomic E-state index is 0.466. The molecule has 0 bridgehead atoms. The average molecular weight is 437 g/mol. The Morgan fingerprint density at radius 2 is 1.39 bits per heavy atom. The van der Waals surface area contributed by atoms with Gasteiger partial charge in [0.25, 0.3) is 0 Å². The summed E-state index contributed by atoms with van der Waals surface area (Å²) in [5.74, 6) is 0.559. The SMILES string of the molecule is CC(c1ccc(Br)cc1)C1CCCN1C(C)c1ccc(Br)cc1. The zero-order chi connectivity index (χ0) is 16.4. The van der Waals surface area contributed by atoms with E-state index in [2.05, 4.69) is 99.1 Å². The average Bonchev–Trinajstić information content (AvgIpc) is 3.04. The van der Waals surface area contributed by atoms with Gasteiger partial charge >= 0.3 is 0 Å². The molecule has 1 heterocycles. The molecule has 0 N–H and O–H groups in total. The molecule has 0 radical (unpaired) electrons. The molecule has 23 heavy (non-hydrogen) atoms. The number of hydrogen-bond acceptors (Lipinski definition) is 1. The first-order valence-corrected chi connectivity index (χ1v) is 9.91. The standard InChI is InChI=1S/C20H23Br2N/c1-14(16-5-9-18(21)10-6-16)20-4-3-13-23(20)15(2)17-7-11-19(22)12-8-17/h5-12,14-15,20H,3-4,13H2,1-2H3. The van der Waals surface area contributed by atoms with Gasteiger partial charge in [-0.25, -0.2) is 0 Å². The number of likely N-dealkylation sites (tertiary alicyclic amines) is 1. The van der Waals surface area contributed by atoms with Crippen LogP contribution in [0.5, 0.6) is 0 Å². The molecule has 1 aliphatic heterocycles. The summed E-state index contributed by atoms with van der Waals surface area (Å²) in [4.78, 5) is 2.69. The van der Waals surface area contributed by atoms with E-state index in [1.165, 1.54) is 30.5 Å². The van der Waals surface area contributed by atoms with Gasteiger partial charge in [0.1, 0.15) is 0 Å². The molecule has 0 aliphatic carbocycles. The molecule has 2 aromatic rings. The van der Waals surface area contributed by atoms with Crippen LogP contribution < -0.4 is 0 Å². The highest BCUT2D eigenvalue weighted by Gasteiger charge is 2.33. The van der Waals surface area contributed by atoms with Crippen LogP contribution in [0.25, 0.3) is 0 Å². The van der Waals surface area contributed by atoms with Gasteiger partial charge in [-0.05, 0) is 67.6 Å². The van der Waals surface area contributed by atoms with Crippen LogP contribution >= 0.6 is 31.9 Å². The van der Waals surface area contributed by atoms with Gasteiger partial charge in [-0.15, -0.1) is 0 Å². The van der Waals surface area contributed by atoms with Crippen LogP contribution in [0, 0.1) is 0 Å². The van der Waals surface area contributed by atoms with Gasteiger partial charge < -0.3 is 0 Å². The molecule has 1 saturated heterocycles. The van der Waals surface area contributed by atoms with Crippen molar-refractivity contribution in [1.29, 1.82) is 0 Å². The minimum Gasteiger partial charge on any atom is -0.293 e. The molecule has 0 amide bonds. The molecule has 0 saturated carbocycles. The van der Waals surface area contributed by atoms with Crippen LogP contribution in [0.3, 0.4) is 0 Å². The quantitative estimate of drug-likeness (QED) is 0.525. The van der Waals surface area contributed by atoms with E-state index in [1.54, 1.807) is 0 Å². The molecule has 1 fully saturated rings. The third kappa shape index (κ3) is 3.89. The summed E-state index contributed by atoms with van der Waals surface area (Å²) in [5.41, 5.74) is 2.84. The van der Waals surface area contributed by atoms with Crippen molar-refractivity contribution in [1.82, 2.24) is 4.90 Å². The van der Waals surface area contributed by atoms with Crippen LogP contribution in [-0.2, 0) is 0 Å². The van der Waals surface area contributed by atoms with Crippen LogP contribution in [0.2, 0.25) is 0 Å². The van der Waals surface area contributed by atoms with E-state index >= 15 is 0 Å². The number of rotatable bonds is 4. The summed E-state index contributed by atoms with van der Waals surface area (Å²) in [6, 6.07) is 18.7. The van der Waals surface area contributed by atoms with Crippen LogP contribution in [0.15, 0.2) is 57.5 Å². The second-order valence-corrected chi connectivity index (χ2v) is 8.35. The second-order valence-electron chi connectivity index (χ2n) is 6.52. The Morgan fingerprint density at radius 3 is 1.96 bits per heavy atom. The van der Waals surface area contributed by atoms with Crippen molar-refractivity contribution in [3.63, 3.8) is 0 Å². The molecule has 3 heteroatoms. The lowest BCUT2D eigenvalue weighted by Gasteiger charge is -2.35.